The topological polar surface area (TPSA) is 64.7 Å². The zero-order chi connectivity index (χ0) is 10.5. The molecule has 2 aliphatic rings. The van der Waals surface area contributed by atoms with Crippen molar-refractivity contribution in [2.24, 2.45) is 10.7 Å². The van der Waals surface area contributed by atoms with Crippen molar-refractivity contribution in [2.75, 3.05) is 0 Å². The van der Waals surface area contributed by atoms with E-state index in [-0.39, 0.29) is 11.9 Å². The highest BCUT2D eigenvalue weighted by molar-refractivity contribution is 6.02. The molecule has 1 aromatic rings. The molecule has 0 bridgehead atoms. The van der Waals surface area contributed by atoms with Crippen LogP contribution in [0.1, 0.15) is 17.5 Å². The highest BCUT2D eigenvalue weighted by Gasteiger charge is 2.51. The first kappa shape index (κ1) is 8.47. The van der Waals surface area contributed by atoms with Gasteiger partial charge in [0, 0.05) is 12.0 Å². The Balaban J connectivity index is 2.15. The van der Waals surface area contributed by atoms with E-state index in [1.54, 1.807) is 0 Å². The van der Waals surface area contributed by atoms with Crippen molar-refractivity contribution in [3.05, 3.63) is 35.4 Å². The van der Waals surface area contributed by atoms with Crippen molar-refractivity contribution in [3.8, 4) is 0 Å². The van der Waals surface area contributed by atoms with Gasteiger partial charge in [-0.3, -0.25) is 4.79 Å². The lowest BCUT2D eigenvalue weighted by Gasteiger charge is -2.21. The number of aliphatic imine (C=N–C) groups is 1. The third-order valence-electron chi connectivity index (χ3n) is 3.03. The summed E-state index contributed by atoms with van der Waals surface area (Å²) in [6.07, 6.45) is 1.47. The molecule has 1 unspecified atom stereocenters. The quantitative estimate of drug-likeness (QED) is 0.673. The van der Waals surface area contributed by atoms with Crippen molar-refractivity contribution in [3.63, 3.8) is 0 Å². The number of hydrogen-bond acceptors (Lipinski definition) is 3. The van der Waals surface area contributed by atoms with Crippen LogP contribution in [0.15, 0.2) is 29.3 Å². The lowest BCUT2D eigenvalue weighted by atomic mass is 9.95. The first-order valence-corrected chi connectivity index (χ1v) is 4.88. The van der Waals surface area contributed by atoms with Gasteiger partial charge in [0.05, 0.1) is 0 Å². The van der Waals surface area contributed by atoms with E-state index in [1.807, 2.05) is 24.3 Å². The average molecular weight is 202 g/mol. The largest absolute Gasteiger partial charge is 0.443 e. The van der Waals surface area contributed by atoms with E-state index >= 15 is 0 Å². The molecular weight excluding hydrogens is 192 g/mol. The fourth-order valence-electron chi connectivity index (χ4n) is 2.34. The van der Waals surface area contributed by atoms with Gasteiger partial charge in [-0.1, -0.05) is 24.3 Å². The first-order valence-electron chi connectivity index (χ1n) is 4.88. The number of amides is 1. The van der Waals surface area contributed by atoms with Gasteiger partial charge in [-0.25, -0.2) is 0 Å². The predicted octanol–water partition coefficient (Wildman–Crippen LogP) is 0.700. The second-order valence-corrected chi connectivity index (χ2v) is 3.84. The van der Waals surface area contributed by atoms with E-state index in [9.17, 15) is 4.79 Å². The standard InChI is InChI=1S/C11H10N2O2/c12-10-13-9(14)11(15-10)6-5-7-3-1-2-4-8(7)11/h1-4H,5-6H2,(H2,12,13,14). The summed E-state index contributed by atoms with van der Waals surface area (Å²) in [6, 6.07) is 7.76. The number of nitrogens with two attached hydrogens (primary N) is 1. The van der Waals surface area contributed by atoms with Crippen molar-refractivity contribution in [2.45, 2.75) is 18.4 Å². The average Bonchev–Trinajstić information content (AvgIpc) is 2.72. The van der Waals surface area contributed by atoms with Crippen LogP contribution in [0.2, 0.25) is 0 Å². The van der Waals surface area contributed by atoms with Crippen LogP contribution >= 0.6 is 0 Å². The van der Waals surface area contributed by atoms with Crippen LogP contribution in [0.5, 0.6) is 0 Å². The molecule has 4 nitrogen and oxygen atoms in total. The number of amidine groups is 1. The number of nitrogens with zero attached hydrogens (tertiary/aromatic N) is 1. The molecule has 0 aromatic heterocycles. The Morgan fingerprint density at radius 1 is 1.40 bits per heavy atom. The Kier molecular flexibility index (Phi) is 1.46. The van der Waals surface area contributed by atoms with Crippen molar-refractivity contribution in [1.29, 1.82) is 0 Å². The summed E-state index contributed by atoms with van der Waals surface area (Å²) in [4.78, 5) is 15.4. The zero-order valence-corrected chi connectivity index (χ0v) is 8.06. The number of rotatable bonds is 0. The van der Waals surface area contributed by atoms with E-state index in [0.29, 0.717) is 6.42 Å². The van der Waals surface area contributed by atoms with Gasteiger partial charge in [0.2, 0.25) is 5.60 Å². The maximum atomic E-state index is 11.8. The van der Waals surface area contributed by atoms with E-state index in [4.69, 9.17) is 10.5 Å². The molecular formula is C11H10N2O2. The van der Waals surface area contributed by atoms with Crippen LogP contribution < -0.4 is 5.73 Å². The molecule has 0 saturated heterocycles. The van der Waals surface area contributed by atoms with E-state index in [0.717, 1.165) is 17.5 Å². The lowest BCUT2D eigenvalue weighted by molar-refractivity contribution is -0.131. The van der Waals surface area contributed by atoms with Gasteiger partial charge in [-0.2, -0.15) is 4.99 Å². The molecule has 2 N–H and O–H groups in total. The first-order chi connectivity index (χ1) is 7.22. The van der Waals surface area contributed by atoms with Crippen LogP contribution in [0.4, 0.5) is 0 Å². The Morgan fingerprint density at radius 2 is 2.20 bits per heavy atom. The summed E-state index contributed by atoms with van der Waals surface area (Å²) in [6.45, 7) is 0. The Hall–Kier alpha value is -1.84. The number of ether oxygens (including phenoxy) is 1. The number of carbonyl (C=O) groups is 1. The van der Waals surface area contributed by atoms with Crippen LogP contribution in [-0.4, -0.2) is 11.9 Å². The lowest BCUT2D eigenvalue weighted by Crippen LogP contribution is -2.32. The minimum atomic E-state index is -0.916. The Labute approximate surface area is 86.8 Å². The van der Waals surface area contributed by atoms with Crippen LogP contribution in [0, 0.1) is 0 Å². The smallest absolute Gasteiger partial charge is 0.299 e. The number of benzene rings is 1. The monoisotopic (exact) mass is 202 g/mol. The maximum absolute atomic E-state index is 11.8. The number of carbonyl (C=O) groups excluding carboxylic acids is 1. The van der Waals surface area contributed by atoms with Crippen molar-refractivity contribution >= 4 is 11.9 Å². The van der Waals surface area contributed by atoms with Gasteiger partial charge < -0.3 is 10.5 Å². The zero-order valence-electron chi connectivity index (χ0n) is 8.06. The molecule has 0 fully saturated rings. The Morgan fingerprint density at radius 3 is 2.93 bits per heavy atom. The van der Waals surface area contributed by atoms with E-state index in [1.165, 1.54) is 0 Å². The molecule has 3 rings (SSSR count). The van der Waals surface area contributed by atoms with Gasteiger partial charge in [-0.15, -0.1) is 0 Å². The molecule has 1 atom stereocenters. The van der Waals surface area contributed by atoms with E-state index in [2.05, 4.69) is 4.99 Å². The molecule has 0 radical (unpaired) electrons. The van der Waals surface area contributed by atoms with Gasteiger partial charge in [-0.05, 0) is 12.0 Å². The molecule has 4 heteroatoms. The molecule has 1 spiro atoms. The second kappa shape index (κ2) is 2.59. The van der Waals surface area contributed by atoms with Gasteiger partial charge in [0.15, 0.2) is 0 Å². The number of fused-ring (bicyclic) bond motifs is 2. The third kappa shape index (κ3) is 0.960. The summed E-state index contributed by atoms with van der Waals surface area (Å²) < 4.78 is 5.43. The van der Waals surface area contributed by atoms with Gasteiger partial charge >= 0.3 is 0 Å². The molecule has 1 aromatic carbocycles. The normalized spacial score (nSPS) is 27.7. The minimum absolute atomic E-state index is 0.0169. The van der Waals surface area contributed by atoms with Crippen LogP contribution in [-0.2, 0) is 21.6 Å². The molecule has 0 saturated carbocycles. The van der Waals surface area contributed by atoms with E-state index < -0.39 is 5.60 Å². The summed E-state index contributed by atoms with van der Waals surface area (Å²) in [5.74, 6) is -0.273. The van der Waals surface area contributed by atoms with Crippen LogP contribution in [0.3, 0.4) is 0 Å². The molecule has 1 heterocycles. The van der Waals surface area contributed by atoms with Gasteiger partial charge in [0.25, 0.3) is 11.9 Å². The summed E-state index contributed by atoms with van der Waals surface area (Å²) in [5.41, 5.74) is 6.59. The molecule has 1 aliphatic carbocycles. The van der Waals surface area contributed by atoms with Crippen LogP contribution in [0.25, 0.3) is 0 Å². The summed E-state index contributed by atoms with van der Waals surface area (Å²) in [5, 5.41) is 0. The molecule has 1 aliphatic heterocycles. The second-order valence-electron chi connectivity index (χ2n) is 3.84. The molecule has 15 heavy (non-hydrogen) atoms. The molecule has 76 valence electrons. The fourth-order valence-corrected chi connectivity index (χ4v) is 2.34. The third-order valence-corrected chi connectivity index (χ3v) is 3.03. The fraction of sp³-hybridized carbons (Fsp3) is 0.273. The van der Waals surface area contributed by atoms with Gasteiger partial charge in [0.1, 0.15) is 0 Å². The highest BCUT2D eigenvalue weighted by atomic mass is 16.5. The maximum Gasteiger partial charge on any atom is 0.299 e. The minimum Gasteiger partial charge on any atom is -0.443 e. The SMILES string of the molecule is NC1=NC(=O)C2(CCc3ccccc32)O1. The Bertz CT molecular complexity index is 481. The predicted molar refractivity (Wildman–Crippen MR) is 54.2 cm³/mol. The molecule has 1 amide bonds. The highest BCUT2D eigenvalue weighted by Crippen LogP contribution is 2.43. The van der Waals surface area contributed by atoms with Crippen molar-refractivity contribution < 1.29 is 9.53 Å². The number of hydrogen-bond donors (Lipinski definition) is 1. The summed E-state index contributed by atoms with van der Waals surface area (Å²) >= 11 is 0. The summed E-state index contributed by atoms with van der Waals surface area (Å²) in [7, 11) is 0. The number of aryl methyl sites for hydroxylation is 1. The van der Waals surface area contributed by atoms with Crippen molar-refractivity contribution in [1.82, 2.24) is 0 Å².